The first-order valence-corrected chi connectivity index (χ1v) is 6.49. The highest BCUT2D eigenvalue weighted by Crippen LogP contribution is 2.19. The standard InChI is InChI=1S/C15H16N2O4/c1-9-3-4-10(2)12(7-9)21-6-5-13-16-11(15(19)20)8-14(18)17-13/h3-4,7-8H,5-6H2,1-2H3,(H,19,20)(H,16,17,18). The molecular formula is C15H16N2O4. The molecule has 2 N–H and O–H groups in total. The number of hydrogen-bond donors (Lipinski definition) is 2. The molecule has 6 heteroatoms. The molecule has 6 nitrogen and oxygen atoms in total. The molecule has 1 aromatic carbocycles. The number of aromatic nitrogens is 2. The third-order valence-electron chi connectivity index (χ3n) is 2.95. The number of aryl methyl sites for hydroxylation is 2. The van der Waals surface area contributed by atoms with E-state index in [2.05, 4.69) is 9.97 Å². The van der Waals surface area contributed by atoms with Crippen molar-refractivity contribution in [3.8, 4) is 5.75 Å². The number of aromatic amines is 1. The van der Waals surface area contributed by atoms with E-state index in [0.717, 1.165) is 22.9 Å². The van der Waals surface area contributed by atoms with Crippen molar-refractivity contribution in [1.29, 1.82) is 0 Å². The van der Waals surface area contributed by atoms with Gasteiger partial charge in [-0.3, -0.25) is 4.79 Å². The summed E-state index contributed by atoms with van der Waals surface area (Å²) in [4.78, 5) is 28.6. The van der Waals surface area contributed by atoms with Crippen molar-refractivity contribution in [1.82, 2.24) is 9.97 Å². The SMILES string of the molecule is Cc1ccc(C)c(OCCc2nc(C(=O)O)cc(=O)[nH]2)c1. The minimum atomic E-state index is -1.22. The number of benzene rings is 1. The summed E-state index contributed by atoms with van der Waals surface area (Å²) in [5.41, 5.74) is 1.36. The van der Waals surface area contributed by atoms with Crippen LogP contribution in [0.25, 0.3) is 0 Å². The van der Waals surface area contributed by atoms with Crippen LogP contribution in [0.15, 0.2) is 29.1 Å². The van der Waals surface area contributed by atoms with Crippen molar-refractivity contribution in [2.24, 2.45) is 0 Å². The molecule has 1 heterocycles. The van der Waals surface area contributed by atoms with Gasteiger partial charge in [-0.2, -0.15) is 0 Å². The van der Waals surface area contributed by atoms with Crippen molar-refractivity contribution < 1.29 is 14.6 Å². The van der Waals surface area contributed by atoms with E-state index < -0.39 is 11.5 Å². The number of H-pyrrole nitrogens is 1. The highest BCUT2D eigenvalue weighted by Gasteiger charge is 2.08. The Morgan fingerprint density at radius 1 is 1.33 bits per heavy atom. The number of rotatable bonds is 5. The second kappa shape index (κ2) is 6.21. The quantitative estimate of drug-likeness (QED) is 0.873. The van der Waals surface area contributed by atoms with Gasteiger partial charge in [-0.05, 0) is 31.0 Å². The molecule has 0 fully saturated rings. The Kier molecular flexibility index (Phi) is 4.37. The summed E-state index contributed by atoms with van der Waals surface area (Å²) in [6, 6.07) is 6.85. The molecule has 0 aliphatic heterocycles. The summed E-state index contributed by atoms with van der Waals surface area (Å²) < 4.78 is 5.65. The number of hydrogen-bond acceptors (Lipinski definition) is 4. The maximum Gasteiger partial charge on any atom is 0.354 e. The summed E-state index contributed by atoms with van der Waals surface area (Å²) in [5, 5.41) is 8.86. The van der Waals surface area contributed by atoms with Crippen LogP contribution in [0.4, 0.5) is 0 Å². The first kappa shape index (κ1) is 14.8. The number of carbonyl (C=O) groups is 1. The molecule has 1 aromatic heterocycles. The van der Waals surface area contributed by atoms with Crippen molar-refractivity contribution in [2.45, 2.75) is 20.3 Å². The van der Waals surface area contributed by atoms with Crippen molar-refractivity contribution in [3.05, 3.63) is 57.3 Å². The first-order valence-electron chi connectivity index (χ1n) is 6.49. The Bertz CT molecular complexity index is 722. The summed E-state index contributed by atoms with van der Waals surface area (Å²) in [6.45, 7) is 4.22. The second-order valence-corrected chi connectivity index (χ2v) is 4.75. The van der Waals surface area contributed by atoms with Gasteiger partial charge in [0.05, 0.1) is 6.61 Å². The zero-order valence-electron chi connectivity index (χ0n) is 11.8. The summed E-state index contributed by atoms with van der Waals surface area (Å²) in [6.07, 6.45) is 0.323. The van der Waals surface area contributed by atoms with Crippen molar-refractivity contribution in [3.63, 3.8) is 0 Å². The Labute approximate surface area is 121 Å². The molecule has 0 spiro atoms. The van der Waals surface area contributed by atoms with Crippen LogP contribution in [-0.4, -0.2) is 27.7 Å². The van der Waals surface area contributed by atoms with E-state index in [1.165, 1.54) is 0 Å². The normalized spacial score (nSPS) is 10.4. The number of carboxylic acid groups (broad SMARTS) is 1. The zero-order chi connectivity index (χ0) is 15.4. The van der Waals surface area contributed by atoms with Crippen LogP contribution in [0.2, 0.25) is 0 Å². The zero-order valence-corrected chi connectivity index (χ0v) is 11.8. The molecule has 110 valence electrons. The Balaban J connectivity index is 2.05. The monoisotopic (exact) mass is 288 g/mol. The van der Waals surface area contributed by atoms with Crippen LogP contribution >= 0.6 is 0 Å². The highest BCUT2D eigenvalue weighted by molar-refractivity contribution is 5.85. The minimum Gasteiger partial charge on any atom is -0.493 e. The van der Waals surface area contributed by atoms with Gasteiger partial charge in [0.25, 0.3) is 5.56 Å². The van der Waals surface area contributed by atoms with E-state index >= 15 is 0 Å². The Hall–Kier alpha value is -2.63. The number of carboxylic acids is 1. The first-order chi connectivity index (χ1) is 9.95. The number of aromatic carboxylic acids is 1. The number of nitrogens with zero attached hydrogens (tertiary/aromatic N) is 1. The van der Waals surface area contributed by atoms with Gasteiger partial charge in [0.2, 0.25) is 0 Å². The van der Waals surface area contributed by atoms with Crippen LogP contribution in [0.1, 0.15) is 27.4 Å². The van der Waals surface area contributed by atoms with Crippen molar-refractivity contribution in [2.75, 3.05) is 6.61 Å². The van der Waals surface area contributed by atoms with Crippen molar-refractivity contribution >= 4 is 5.97 Å². The molecule has 2 rings (SSSR count). The molecule has 0 radical (unpaired) electrons. The maximum absolute atomic E-state index is 11.3. The predicted molar refractivity (Wildman–Crippen MR) is 76.9 cm³/mol. The van der Waals surface area contributed by atoms with Gasteiger partial charge in [0, 0.05) is 12.5 Å². The molecule has 21 heavy (non-hydrogen) atoms. The topological polar surface area (TPSA) is 92.3 Å². The van der Waals surface area contributed by atoms with Gasteiger partial charge in [0.15, 0.2) is 5.69 Å². The van der Waals surface area contributed by atoms with Crippen LogP contribution < -0.4 is 10.3 Å². The van der Waals surface area contributed by atoms with Gasteiger partial charge < -0.3 is 14.8 Å². The third kappa shape index (κ3) is 3.92. The number of ether oxygens (including phenoxy) is 1. The smallest absolute Gasteiger partial charge is 0.354 e. The predicted octanol–water partition coefficient (Wildman–Crippen LogP) is 1.71. The van der Waals surface area contributed by atoms with Gasteiger partial charge in [0.1, 0.15) is 11.6 Å². The van der Waals surface area contributed by atoms with Gasteiger partial charge in [-0.25, -0.2) is 9.78 Å². The Morgan fingerprint density at radius 3 is 2.81 bits per heavy atom. The summed E-state index contributed by atoms with van der Waals surface area (Å²) >= 11 is 0. The molecule has 0 atom stereocenters. The maximum atomic E-state index is 11.3. The van der Waals surface area contributed by atoms with Crippen LogP contribution in [0.3, 0.4) is 0 Å². The van der Waals surface area contributed by atoms with Gasteiger partial charge >= 0.3 is 5.97 Å². The number of nitrogens with one attached hydrogen (secondary N) is 1. The lowest BCUT2D eigenvalue weighted by Crippen LogP contribution is -2.17. The minimum absolute atomic E-state index is 0.263. The average molecular weight is 288 g/mol. The fraction of sp³-hybridized carbons (Fsp3) is 0.267. The second-order valence-electron chi connectivity index (χ2n) is 4.75. The molecule has 2 aromatic rings. The average Bonchev–Trinajstić information content (AvgIpc) is 2.42. The van der Waals surface area contributed by atoms with Gasteiger partial charge in [-0.15, -0.1) is 0 Å². The highest BCUT2D eigenvalue weighted by atomic mass is 16.5. The van der Waals surface area contributed by atoms with E-state index in [4.69, 9.17) is 9.84 Å². The van der Waals surface area contributed by atoms with Gasteiger partial charge in [-0.1, -0.05) is 12.1 Å². The fourth-order valence-electron chi connectivity index (χ4n) is 1.86. The summed E-state index contributed by atoms with van der Waals surface area (Å²) in [5.74, 6) is -0.158. The van der Waals surface area contributed by atoms with E-state index in [9.17, 15) is 9.59 Å². The third-order valence-corrected chi connectivity index (χ3v) is 2.95. The van der Waals surface area contributed by atoms with Crippen LogP contribution in [0, 0.1) is 13.8 Å². The molecule has 0 saturated heterocycles. The summed E-state index contributed by atoms with van der Waals surface area (Å²) in [7, 11) is 0. The van der Waals surface area contributed by atoms with E-state index in [-0.39, 0.29) is 5.69 Å². The van der Waals surface area contributed by atoms with Crippen LogP contribution in [-0.2, 0) is 6.42 Å². The molecule has 0 aliphatic rings. The lowest BCUT2D eigenvalue weighted by atomic mass is 10.1. The van der Waals surface area contributed by atoms with E-state index in [0.29, 0.717) is 18.9 Å². The largest absolute Gasteiger partial charge is 0.493 e. The van der Waals surface area contributed by atoms with E-state index in [1.807, 2.05) is 32.0 Å². The fourth-order valence-corrected chi connectivity index (χ4v) is 1.86. The molecule has 0 aliphatic carbocycles. The molecule has 0 amide bonds. The lowest BCUT2D eigenvalue weighted by Gasteiger charge is -2.09. The Morgan fingerprint density at radius 2 is 2.10 bits per heavy atom. The van der Waals surface area contributed by atoms with Crippen LogP contribution in [0.5, 0.6) is 5.75 Å². The molecule has 0 bridgehead atoms. The molecule has 0 saturated carbocycles. The van der Waals surface area contributed by atoms with E-state index in [1.54, 1.807) is 0 Å². The molecular weight excluding hydrogens is 272 g/mol. The lowest BCUT2D eigenvalue weighted by molar-refractivity contribution is 0.0689. The molecule has 0 unspecified atom stereocenters.